The van der Waals surface area contributed by atoms with Gasteiger partial charge >= 0.3 is 0 Å². The van der Waals surface area contributed by atoms with Gasteiger partial charge in [0.1, 0.15) is 5.82 Å². The molecule has 1 amide bonds. The maximum atomic E-state index is 13.4. The van der Waals surface area contributed by atoms with E-state index in [1.54, 1.807) is 18.2 Å². The van der Waals surface area contributed by atoms with Crippen molar-refractivity contribution in [2.24, 2.45) is 11.3 Å². The van der Waals surface area contributed by atoms with Crippen molar-refractivity contribution in [1.29, 1.82) is 5.41 Å². The highest BCUT2D eigenvalue weighted by Gasteiger charge is 2.51. The second-order valence-electron chi connectivity index (χ2n) is 9.82. The Morgan fingerprint density at radius 2 is 1.71 bits per heavy atom. The van der Waals surface area contributed by atoms with Crippen LogP contribution in [-0.2, 0) is 4.79 Å². The smallest absolute Gasteiger partial charge is 0.226 e. The number of ketones is 1. The summed E-state index contributed by atoms with van der Waals surface area (Å²) in [5, 5.41) is 13.5. The molecule has 2 aliphatic rings. The van der Waals surface area contributed by atoms with E-state index in [4.69, 9.17) is 5.41 Å². The molecule has 1 aliphatic heterocycles. The molecule has 1 aliphatic carbocycles. The summed E-state index contributed by atoms with van der Waals surface area (Å²) in [5.41, 5.74) is 1.30. The molecule has 1 saturated carbocycles. The molecule has 1 saturated heterocycles. The van der Waals surface area contributed by atoms with Crippen molar-refractivity contribution < 1.29 is 14.0 Å². The molecule has 1 spiro atoms. The van der Waals surface area contributed by atoms with E-state index in [0.717, 1.165) is 48.4 Å². The molecular weight excluding hydrogens is 427 g/mol. The monoisotopic (exact) mass is 456 g/mol. The van der Waals surface area contributed by atoms with Gasteiger partial charge < -0.3 is 10.7 Å². The Hall–Kier alpha value is -3.34. The van der Waals surface area contributed by atoms with Crippen LogP contribution in [0.2, 0.25) is 0 Å². The lowest BCUT2D eigenvalue weighted by Gasteiger charge is -2.39. The van der Waals surface area contributed by atoms with Crippen molar-refractivity contribution in [2.75, 3.05) is 6.54 Å². The minimum atomic E-state index is -0.428. The molecule has 5 heteroatoms. The molecule has 1 atom stereocenters. The molecule has 3 aromatic rings. The highest BCUT2D eigenvalue weighted by molar-refractivity contribution is 6.45. The number of benzene rings is 3. The molecule has 0 aromatic heterocycles. The van der Waals surface area contributed by atoms with E-state index in [9.17, 15) is 14.0 Å². The zero-order chi connectivity index (χ0) is 23.7. The Balaban J connectivity index is 1.19. The first-order chi connectivity index (χ1) is 16.5. The van der Waals surface area contributed by atoms with E-state index < -0.39 is 5.41 Å². The van der Waals surface area contributed by atoms with Crippen molar-refractivity contribution in [3.63, 3.8) is 0 Å². The summed E-state index contributed by atoms with van der Waals surface area (Å²) in [4.78, 5) is 25.7. The lowest BCUT2D eigenvalue weighted by atomic mass is 9.62. The minimum Gasteiger partial charge on any atom is -0.355 e. The number of Topliss-reactive ketones (excluding diaryl/α,β-unsaturated/α-hetero) is 1. The lowest BCUT2D eigenvalue weighted by molar-refractivity contribution is -0.130. The van der Waals surface area contributed by atoms with Gasteiger partial charge in [-0.15, -0.1) is 0 Å². The summed E-state index contributed by atoms with van der Waals surface area (Å²) in [6.07, 6.45) is 4.63. The highest BCUT2D eigenvalue weighted by atomic mass is 19.1. The van der Waals surface area contributed by atoms with Gasteiger partial charge in [-0.05, 0) is 79.0 Å². The van der Waals surface area contributed by atoms with Crippen LogP contribution in [0.3, 0.4) is 0 Å². The molecule has 174 valence electrons. The predicted molar refractivity (Wildman–Crippen MR) is 132 cm³/mol. The van der Waals surface area contributed by atoms with Crippen LogP contribution in [0.4, 0.5) is 4.39 Å². The van der Waals surface area contributed by atoms with E-state index in [-0.39, 0.29) is 29.1 Å². The predicted octanol–water partition coefficient (Wildman–Crippen LogP) is 6.05. The Labute approximate surface area is 199 Å². The number of amides is 1. The van der Waals surface area contributed by atoms with Crippen molar-refractivity contribution in [3.8, 4) is 0 Å². The van der Waals surface area contributed by atoms with Crippen molar-refractivity contribution >= 4 is 28.2 Å². The number of halogens is 1. The quantitative estimate of drug-likeness (QED) is 0.350. The highest BCUT2D eigenvalue weighted by Crippen LogP contribution is 2.52. The number of hydrogen-bond donors (Lipinski definition) is 2. The third-order valence-corrected chi connectivity index (χ3v) is 7.94. The van der Waals surface area contributed by atoms with Crippen LogP contribution in [0.5, 0.6) is 0 Å². The minimum absolute atomic E-state index is 0.0642. The lowest BCUT2D eigenvalue weighted by Crippen LogP contribution is -2.38. The van der Waals surface area contributed by atoms with Crippen LogP contribution in [0.1, 0.15) is 60.4 Å². The third kappa shape index (κ3) is 4.15. The maximum Gasteiger partial charge on any atom is 0.226 e. The SMILES string of the molecule is N=C(CCC1CCC2(CC1)C(=O)NCC2c1ccc(F)cc1)C(=O)c1ccc2ccccc2c1. The molecule has 5 rings (SSSR count). The standard InChI is InChI=1S/C29H29FN2O2/c30-24-10-8-21(9-11-24)25-18-32-28(34)29(25)15-13-19(14-16-29)5-12-26(31)27(33)23-7-6-20-3-1-2-4-22(20)17-23/h1-4,6-11,17,19,25,31H,5,12-16,18H2,(H,32,34). The summed E-state index contributed by atoms with van der Waals surface area (Å²) >= 11 is 0. The average molecular weight is 457 g/mol. The fourth-order valence-electron chi connectivity index (χ4n) is 5.88. The normalized spacial score (nSPS) is 24.3. The number of nitrogens with one attached hydrogen (secondary N) is 2. The van der Waals surface area contributed by atoms with Gasteiger partial charge in [0.2, 0.25) is 11.7 Å². The first kappa shape index (κ1) is 22.5. The van der Waals surface area contributed by atoms with Gasteiger partial charge in [0.05, 0.1) is 11.1 Å². The average Bonchev–Trinajstić information content (AvgIpc) is 3.18. The van der Waals surface area contributed by atoms with Crippen LogP contribution in [0.25, 0.3) is 10.8 Å². The molecule has 0 bridgehead atoms. The van der Waals surface area contributed by atoms with Gasteiger partial charge in [0.15, 0.2) is 0 Å². The van der Waals surface area contributed by atoms with Crippen LogP contribution in [-0.4, -0.2) is 23.9 Å². The van der Waals surface area contributed by atoms with Crippen LogP contribution >= 0.6 is 0 Å². The van der Waals surface area contributed by atoms with E-state index in [0.29, 0.717) is 24.4 Å². The topological polar surface area (TPSA) is 70.0 Å². The number of fused-ring (bicyclic) bond motifs is 1. The third-order valence-electron chi connectivity index (χ3n) is 7.94. The van der Waals surface area contributed by atoms with E-state index in [2.05, 4.69) is 5.32 Å². The van der Waals surface area contributed by atoms with Crippen LogP contribution in [0, 0.1) is 22.6 Å². The second kappa shape index (κ2) is 9.13. The maximum absolute atomic E-state index is 13.4. The molecule has 1 heterocycles. The first-order valence-corrected chi connectivity index (χ1v) is 12.1. The van der Waals surface area contributed by atoms with E-state index in [1.807, 2.05) is 36.4 Å². The molecule has 0 radical (unpaired) electrons. The fraction of sp³-hybridized carbons (Fsp3) is 0.345. The van der Waals surface area contributed by atoms with Crippen molar-refractivity contribution in [2.45, 2.75) is 44.4 Å². The Bertz CT molecular complexity index is 1240. The number of rotatable bonds is 6. The van der Waals surface area contributed by atoms with Crippen molar-refractivity contribution in [3.05, 3.63) is 83.7 Å². The Morgan fingerprint density at radius 3 is 2.44 bits per heavy atom. The van der Waals surface area contributed by atoms with Crippen LogP contribution in [0.15, 0.2) is 66.7 Å². The number of carbonyl (C=O) groups excluding carboxylic acids is 2. The zero-order valence-electron chi connectivity index (χ0n) is 19.1. The van der Waals surface area contributed by atoms with E-state index >= 15 is 0 Å². The molecule has 34 heavy (non-hydrogen) atoms. The van der Waals surface area contributed by atoms with Crippen molar-refractivity contribution in [1.82, 2.24) is 5.32 Å². The van der Waals surface area contributed by atoms with Gasteiger partial charge in [0.25, 0.3) is 0 Å². The van der Waals surface area contributed by atoms with Gasteiger partial charge in [-0.1, -0.05) is 48.5 Å². The number of carbonyl (C=O) groups is 2. The summed E-state index contributed by atoms with van der Waals surface area (Å²) in [7, 11) is 0. The fourth-order valence-corrected chi connectivity index (χ4v) is 5.88. The van der Waals surface area contributed by atoms with Gasteiger partial charge in [-0.25, -0.2) is 4.39 Å². The molecular formula is C29H29FN2O2. The van der Waals surface area contributed by atoms with Gasteiger partial charge in [0, 0.05) is 18.0 Å². The van der Waals surface area contributed by atoms with Crippen LogP contribution < -0.4 is 5.32 Å². The van der Waals surface area contributed by atoms with Gasteiger partial charge in [-0.3, -0.25) is 9.59 Å². The van der Waals surface area contributed by atoms with E-state index in [1.165, 1.54) is 12.1 Å². The molecule has 1 unspecified atom stereocenters. The van der Waals surface area contributed by atoms with Gasteiger partial charge in [-0.2, -0.15) is 0 Å². The Kier molecular flexibility index (Phi) is 6.03. The molecule has 2 N–H and O–H groups in total. The molecule has 4 nitrogen and oxygen atoms in total. The summed E-state index contributed by atoms with van der Waals surface area (Å²) in [6, 6.07) is 20.0. The zero-order valence-corrected chi connectivity index (χ0v) is 19.1. The largest absolute Gasteiger partial charge is 0.355 e. The Morgan fingerprint density at radius 1 is 1.00 bits per heavy atom. The number of hydrogen-bond acceptors (Lipinski definition) is 3. The molecule has 2 fully saturated rings. The summed E-state index contributed by atoms with van der Waals surface area (Å²) in [6.45, 7) is 0.597. The molecule has 3 aromatic carbocycles. The first-order valence-electron chi connectivity index (χ1n) is 12.1. The second-order valence-corrected chi connectivity index (χ2v) is 9.82. The summed E-state index contributed by atoms with van der Waals surface area (Å²) in [5.74, 6) is 0.107. The summed E-state index contributed by atoms with van der Waals surface area (Å²) < 4.78 is 13.4.